The lowest BCUT2D eigenvalue weighted by atomic mass is 9.85. The highest BCUT2D eigenvalue weighted by molar-refractivity contribution is 9.10. The summed E-state index contributed by atoms with van der Waals surface area (Å²) in [5, 5.41) is 0. The summed E-state index contributed by atoms with van der Waals surface area (Å²) in [6.07, 6.45) is 7.74. The largest absolute Gasteiger partial charge is 0.305 e. The van der Waals surface area contributed by atoms with E-state index >= 15 is 0 Å². The van der Waals surface area contributed by atoms with Crippen molar-refractivity contribution in [2.24, 2.45) is 0 Å². The average molecular weight is 288 g/mol. The maximum atomic E-state index is 7.57. The van der Waals surface area contributed by atoms with Gasteiger partial charge in [0.2, 0.25) is 0 Å². The number of hydrogen-bond donors (Lipinski definition) is 0. The minimum atomic E-state index is -0.209. The van der Waals surface area contributed by atoms with Crippen LogP contribution in [0.2, 0.25) is 0 Å². The third kappa shape index (κ3) is 1.65. The second-order valence-electron chi connectivity index (χ2n) is 4.97. The van der Waals surface area contributed by atoms with Crippen molar-refractivity contribution in [1.29, 1.82) is 0 Å². The molecule has 1 nitrogen and oxygen atoms in total. The Hall–Kier alpha value is -1.07. The van der Waals surface area contributed by atoms with Gasteiger partial charge in [0.25, 0.3) is 5.54 Å². The summed E-state index contributed by atoms with van der Waals surface area (Å²) >= 11 is 3.52. The monoisotopic (exact) mass is 287 g/mol. The van der Waals surface area contributed by atoms with Crippen LogP contribution < -0.4 is 0 Å². The van der Waals surface area contributed by atoms with E-state index < -0.39 is 0 Å². The number of allylic oxidation sites excluding steroid dienone is 1. The molecule has 2 heteroatoms. The van der Waals surface area contributed by atoms with Crippen molar-refractivity contribution >= 4 is 21.5 Å². The molecule has 86 valence electrons. The summed E-state index contributed by atoms with van der Waals surface area (Å²) in [6, 6.07) is 6.44. The first-order valence-electron chi connectivity index (χ1n) is 6.13. The van der Waals surface area contributed by atoms with E-state index in [2.05, 4.69) is 45.1 Å². The molecule has 1 saturated carbocycles. The Morgan fingerprint density at radius 1 is 1.24 bits per heavy atom. The van der Waals surface area contributed by atoms with Crippen molar-refractivity contribution in [3.05, 3.63) is 51.3 Å². The highest BCUT2D eigenvalue weighted by atomic mass is 79.9. The highest BCUT2D eigenvalue weighted by Crippen LogP contribution is 2.47. The molecule has 0 spiro atoms. The van der Waals surface area contributed by atoms with Gasteiger partial charge in [-0.2, -0.15) is 0 Å². The number of hydrogen-bond acceptors (Lipinski definition) is 0. The fourth-order valence-corrected chi connectivity index (χ4v) is 3.57. The lowest BCUT2D eigenvalue weighted by molar-refractivity contribution is 0.666. The molecular formula is C15H14BrN. The molecule has 2 aliphatic rings. The van der Waals surface area contributed by atoms with Crippen LogP contribution >= 0.6 is 15.9 Å². The smallest absolute Gasteiger partial charge is 0.257 e. The Labute approximate surface area is 110 Å². The van der Waals surface area contributed by atoms with Crippen LogP contribution in [-0.4, -0.2) is 5.54 Å². The van der Waals surface area contributed by atoms with Crippen molar-refractivity contribution in [3.8, 4) is 0 Å². The summed E-state index contributed by atoms with van der Waals surface area (Å²) in [4.78, 5) is 3.99. The summed E-state index contributed by atoms with van der Waals surface area (Å²) in [5.74, 6) is 0. The zero-order valence-electron chi connectivity index (χ0n) is 9.67. The van der Waals surface area contributed by atoms with Crippen LogP contribution in [0, 0.1) is 6.57 Å². The number of fused-ring (bicyclic) bond motifs is 1. The van der Waals surface area contributed by atoms with E-state index in [1.807, 2.05) is 0 Å². The molecular weight excluding hydrogens is 274 g/mol. The third-order valence-corrected chi connectivity index (χ3v) is 4.52. The van der Waals surface area contributed by atoms with Crippen LogP contribution in [0.5, 0.6) is 0 Å². The third-order valence-electron chi connectivity index (χ3n) is 4.03. The minimum Gasteiger partial charge on any atom is -0.305 e. The fraction of sp³-hybridized carbons (Fsp3) is 0.400. The standard InChI is InChI=1S/C15H14BrN/c1-17-15(8-2-3-9-15)14-7-4-11-10-12(16)5-6-13(11)14/h5-7,10H,2-4,8-9H2. The summed E-state index contributed by atoms with van der Waals surface area (Å²) in [5.41, 5.74) is 3.77. The van der Waals surface area contributed by atoms with Crippen molar-refractivity contribution in [1.82, 2.24) is 0 Å². The topological polar surface area (TPSA) is 4.36 Å². The van der Waals surface area contributed by atoms with Crippen molar-refractivity contribution in [2.45, 2.75) is 37.6 Å². The van der Waals surface area contributed by atoms with Crippen molar-refractivity contribution < 1.29 is 0 Å². The molecule has 0 radical (unpaired) electrons. The molecule has 0 aliphatic heterocycles. The predicted molar refractivity (Wildman–Crippen MR) is 73.6 cm³/mol. The van der Waals surface area contributed by atoms with Gasteiger partial charge in [-0.1, -0.05) is 28.1 Å². The van der Waals surface area contributed by atoms with E-state index in [0.717, 1.165) is 23.7 Å². The quantitative estimate of drug-likeness (QED) is 0.664. The van der Waals surface area contributed by atoms with Gasteiger partial charge in [0.1, 0.15) is 0 Å². The molecule has 17 heavy (non-hydrogen) atoms. The molecule has 0 amide bonds. The van der Waals surface area contributed by atoms with Gasteiger partial charge in [0.05, 0.1) is 0 Å². The fourth-order valence-electron chi connectivity index (χ4n) is 3.16. The number of rotatable bonds is 1. The molecule has 0 aromatic heterocycles. The molecule has 0 saturated heterocycles. The predicted octanol–water partition coefficient (Wildman–Crippen LogP) is 4.62. The maximum Gasteiger partial charge on any atom is 0.257 e. The summed E-state index contributed by atoms with van der Waals surface area (Å²) in [7, 11) is 0. The molecule has 3 rings (SSSR count). The van der Waals surface area contributed by atoms with Gasteiger partial charge in [-0.15, -0.1) is 0 Å². The Morgan fingerprint density at radius 2 is 2.00 bits per heavy atom. The van der Waals surface area contributed by atoms with Gasteiger partial charge < -0.3 is 4.85 Å². The molecule has 2 aliphatic carbocycles. The molecule has 1 fully saturated rings. The van der Waals surface area contributed by atoms with Gasteiger partial charge in [-0.25, -0.2) is 6.57 Å². The van der Waals surface area contributed by atoms with Crippen LogP contribution in [0.25, 0.3) is 10.4 Å². The Morgan fingerprint density at radius 3 is 2.71 bits per heavy atom. The van der Waals surface area contributed by atoms with Crippen LogP contribution in [0.4, 0.5) is 0 Å². The Balaban J connectivity index is 2.06. The molecule has 0 heterocycles. The van der Waals surface area contributed by atoms with Crippen LogP contribution in [0.1, 0.15) is 36.8 Å². The molecule has 0 atom stereocenters. The van der Waals surface area contributed by atoms with Gasteiger partial charge in [-0.05, 0) is 42.5 Å². The van der Waals surface area contributed by atoms with E-state index in [0.29, 0.717) is 0 Å². The van der Waals surface area contributed by atoms with E-state index in [9.17, 15) is 0 Å². The second-order valence-corrected chi connectivity index (χ2v) is 5.89. The maximum absolute atomic E-state index is 7.57. The number of nitrogens with zero attached hydrogens (tertiary/aromatic N) is 1. The lowest BCUT2D eigenvalue weighted by Gasteiger charge is -2.18. The average Bonchev–Trinajstić information content (AvgIpc) is 2.94. The molecule has 1 aromatic carbocycles. The van der Waals surface area contributed by atoms with Crippen molar-refractivity contribution in [2.75, 3.05) is 0 Å². The first-order chi connectivity index (χ1) is 8.25. The second kappa shape index (κ2) is 3.99. The van der Waals surface area contributed by atoms with E-state index in [1.54, 1.807) is 0 Å². The molecule has 0 bridgehead atoms. The van der Waals surface area contributed by atoms with Crippen LogP contribution in [-0.2, 0) is 6.42 Å². The zero-order chi connectivity index (χ0) is 11.9. The Kier molecular flexibility index (Phi) is 2.60. The normalized spacial score (nSPS) is 20.8. The van der Waals surface area contributed by atoms with E-state index in [-0.39, 0.29) is 5.54 Å². The van der Waals surface area contributed by atoms with Gasteiger partial charge in [-0.3, -0.25) is 0 Å². The lowest BCUT2D eigenvalue weighted by Crippen LogP contribution is -2.21. The first kappa shape index (κ1) is 11.0. The van der Waals surface area contributed by atoms with Gasteiger partial charge in [0.15, 0.2) is 0 Å². The van der Waals surface area contributed by atoms with Crippen LogP contribution in [0.3, 0.4) is 0 Å². The zero-order valence-corrected chi connectivity index (χ0v) is 11.3. The number of halogens is 1. The molecule has 1 aromatic rings. The van der Waals surface area contributed by atoms with Crippen LogP contribution in [0.15, 0.2) is 28.7 Å². The van der Waals surface area contributed by atoms with Gasteiger partial charge in [0, 0.05) is 22.9 Å². The molecule has 0 N–H and O–H groups in total. The first-order valence-corrected chi connectivity index (χ1v) is 6.92. The Bertz CT molecular complexity index is 530. The number of benzene rings is 1. The summed E-state index contributed by atoms with van der Waals surface area (Å²) < 4.78 is 1.13. The molecule has 0 unspecified atom stereocenters. The van der Waals surface area contributed by atoms with E-state index in [4.69, 9.17) is 6.57 Å². The van der Waals surface area contributed by atoms with Gasteiger partial charge >= 0.3 is 0 Å². The summed E-state index contributed by atoms with van der Waals surface area (Å²) in [6.45, 7) is 7.57. The SMILES string of the molecule is [C-]#[N+]C1(C2=CCc3cc(Br)ccc32)CCCC1. The highest BCUT2D eigenvalue weighted by Gasteiger charge is 2.46. The minimum absolute atomic E-state index is 0.209. The van der Waals surface area contributed by atoms with Crippen molar-refractivity contribution in [3.63, 3.8) is 0 Å². The van der Waals surface area contributed by atoms with E-state index in [1.165, 1.54) is 29.5 Å².